The Kier molecular flexibility index (Phi) is 9.94. The van der Waals surface area contributed by atoms with Crippen molar-refractivity contribution in [2.24, 2.45) is 5.92 Å². The lowest BCUT2D eigenvalue weighted by Gasteiger charge is -2.20. The second kappa shape index (κ2) is 10.6. The second-order valence-electron chi connectivity index (χ2n) is 4.88. The van der Waals surface area contributed by atoms with Crippen LogP contribution < -0.4 is 5.32 Å². The van der Waals surface area contributed by atoms with Crippen molar-refractivity contribution in [2.45, 2.75) is 59.4 Å². The lowest BCUT2D eigenvalue weighted by Crippen LogP contribution is -2.45. The first-order valence-electron chi connectivity index (χ1n) is 7.12. The zero-order chi connectivity index (χ0) is 14.7. The predicted molar refractivity (Wildman–Crippen MR) is 73.9 cm³/mol. The maximum Gasteiger partial charge on any atom is 0.407 e. The summed E-state index contributed by atoms with van der Waals surface area (Å²) < 4.78 is 10.1. The van der Waals surface area contributed by atoms with E-state index in [1.165, 1.54) is 0 Å². The molecule has 0 heterocycles. The minimum absolute atomic E-state index is 0.0344. The molecule has 0 saturated carbocycles. The highest BCUT2D eigenvalue weighted by Crippen LogP contribution is 2.06. The second-order valence-corrected chi connectivity index (χ2v) is 4.88. The summed E-state index contributed by atoms with van der Waals surface area (Å²) >= 11 is 0. The van der Waals surface area contributed by atoms with Gasteiger partial charge < -0.3 is 14.8 Å². The molecule has 112 valence electrons. The van der Waals surface area contributed by atoms with Gasteiger partial charge in [-0.25, -0.2) is 9.59 Å². The molecule has 1 atom stereocenters. The van der Waals surface area contributed by atoms with Gasteiger partial charge in [0.25, 0.3) is 0 Å². The highest BCUT2D eigenvalue weighted by atomic mass is 16.6. The summed E-state index contributed by atoms with van der Waals surface area (Å²) in [5.41, 5.74) is 0. The van der Waals surface area contributed by atoms with E-state index in [-0.39, 0.29) is 11.9 Å². The Morgan fingerprint density at radius 3 is 2.21 bits per heavy atom. The maximum atomic E-state index is 11.9. The SMILES string of the molecule is CCCCCOC(=O)[C@@H](NC(=O)OCCC)C(C)C. The number of unbranched alkanes of at least 4 members (excludes halogenated alkanes) is 2. The molecular formula is C14H27NO4. The number of ether oxygens (including phenoxy) is 2. The summed E-state index contributed by atoms with van der Waals surface area (Å²) in [6.45, 7) is 8.47. The summed E-state index contributed by atoms with van der Waals surface area (Å²) in [5, 5.41) is 2.56. The third-order valence-corrected chi connectivity index (χ3v) is 2.62. The quantitative estimate of drug-likeness (QED) is 0.518. The molecule has 0 aromatic rings. The van der Waals surface area contributed by atoms with Crippen LogP contribution in [0.15, 0.2) is 0 Å². The number of rotatable bonds is 9. The third-order valence-electron chi connectivity index (χ3n) is 2.62. The number of carbonyl (C=O) groups excluding carboxylic acids is 2. The molecule has 0 rings (SSSR count). The number of hydrogen-bond donors (Lipinski definition) is 1. The minimum atomic E-state index is -0.647. The van der Waals surface area contributed by atoms with Gasteiger partial charge in [-0.15, -0.1) is 0 Å². The molecule has 0 unspecified atom stereocenters. The number of esters is 1. The average molecular weight is 273 g/mol. The molecule has 0 radical (unpaired) electrons. The van der Waals surface area contributed by atoms with E-state index in [1.54, 1.807) is 0 Å². The number of nitrogens with one attached hydrogen (secondary N) is 1. The van der Waals surface area contributed by atoms with Crippen LogP contribution in [-0.2, 0) is 14.3 Å². The van der Waals surface area contributed by atoms with E-state index in [4.69, 9.17) is 9.47 Å². The lowest BCUT2D eigenvalue weighted by atomic mass is 10.1. The largest absolute Gasteiger partial charge is 0.464 e. The number of amides is 1. The Bertz CT molecular complexity index is 266. The van der Waals surface area contributed by atoms with Crippen molar-refractivity contribution in [3.8, 4) is 0 Å². The molecule has 0 spiro atoms. The topological polar surface area (TPSA) is 64.6 Å². The fourth-order valence-electron chi connectivity index (χ4n) is 1.48. The molecule has 5 nitrogen and oxygen atoms in total. The van der Waals surface area contributed by atoms with Gasteiger partial charge in [-0.2, -0.15) is 0 Å². The molecule has 0 aromatic heterocycles. The van der Waals surface area contributed by atoms with Gasteiger partial charge in [0.2, 0.25) is 0 Å². The molecule has 19 heavy (non-hydrogen) atoms. The van der Waals surface area contributed by atoms with Gasteiger partial charge in [0, 0.05) is 0 Å². The van der Waals surface area contributed by atoms with Crippen LogP contribution in [0.1, 0.15) is 53.4 Å². The Morgan fingerprint density at radius 1 is 1.00 bits per heavy atom. The Morgan fingerprint density at radius 2 is 1.68 bits per heavy atom. The average Bonchev–Trinajstić information content (AvgIpc) is 2.38. The van der Waals surface area contributed by atoms with Crippen LogP contribution >= 0.6 is 0 Å². The third kappa shape index (κ3) is 8.46. The molecule has 0 aliphatic heterocycles. The Balaban J connectivity index is 4.15. The monoisotopic (exact) mass is 273 g/mol. The fourth-order valence-corrected chi connectivity index (χ4v) is 1.48. The first-order valence-corrected chi connectivity index (χ1v) is 7.12. The van der Waals surface area contributed by atoms with Crippen molar-refractivity contribution >= 4 is 12.1 Å². The van der Waals surface area contributed by atoms with Gasteiger partial charge in [-0.05, 0) is 18.8 Å². The number of alkyl carbamates (subject to hydrolysis) is 1. The van der Waals surface area contributed by atoms with E-state index in [1.807, 2.05) is 20.8 Å². The molecule has 0 bridgehead atoms. The van der Waals surface area contributed by atoms with Crippen LogP contribution in [0.25, 0.3) is 0 Å². The number of carbonyl (C=O) groups is 2. The molecular weight excluding hydrogens is 246 g/mol. The molecule has 1 N–H and O–H groups in total. The van der Waals surface area contributed by atoms with Gasteiger partial charge in [-0.3, -0.25) is 0 Å². The van der Waals surface area contributed by atoms with Gasteiger partial charge in [0.1, 0.15) is 6.04 Å². The molecule has 0 aliphatic carbocycles. The standard InChI is InChI=1S/C14H27NO4/c1-5-7-8-10-18-13(16)12(11(3)4)15-14(17)19-9-6-2/h11-12H,5-10H2,1-4H3,(H,15,17)/t12-/m0/s1. The van der Waals surface area contributed by atoms with Gasteiger partial charge in [-0.1, -0.05) is 40.5 Å². The zero-order valence-corrected chi connectivity index (χ0v) is 12.5. The van der Waals surface area contributed by atoms with Gasteiger partial charge in [0.15, 0.2) is 0 Å². The zero-order valence-electron chi connectivity index (χ0n) is 12.5. The number of hydrogen-bond acceptors (Lipinski definition) is 4. The summed E-state index contributed by atoms with van der Waals surface area (Å²) in [5.74, 6) is -0.424. The van der Waals surface area contributed by atoms with Crippen LogP contribution in [0.4, 0.5) is 4.79 Å². The normalized spacial score (nSPS) is 12.1. The highest BCUT2D eigenvalue weighted by molar-refractivity contribution is 5.81. The maximum absolute atomic E-state index is 11.9. The van der Waals surface area contributed by atoms with Gasteiger partial charge >= 0.3 is 12.1 Å². The van der Waals surface area contributed by atoms with Crippen LogP contribution in [-0.4, -0.2) is 31.3 Å². The van der Waals surface area contributed by atoms with Crippen molar-refractivity contribution in [1.29, 1.82) is 0 Å². The summed E-state index contributed by atoms with van der Waals surface area (Å²) in [7, 11) is 0. The van der Waals surface area contributed by atoms with Crippen LogP contribution in [0.2, 0.25) is 0 Å². The lowest BCUT2D eigenvalue weighted by molar-refractivity contribution is -0.147. The van der Waals surface area contributed by atoms with E-state index >= 15 is 0 Å². The highest BCUT2D eigenvalue weighted by Gasteiger charge is 2.26. The summed E-state index contributed by atoms with van der Waals surface area (Å²) in [6.07, 6.45) is 3.15. The van der Waals surface area contributed by atoms with Crippen LogP contribution in [0, 0.1) is 5.92 Å². The molecule has 0 aliphatic rings. The summed E-state index contributed by atoms with van der Waals surface area (Å²) in [4.78, 5) is 23.3. The Labute approximate surface area is 116 Å². The molecule has 0 fully saturated rings. The minimum Gasteiger partial charge on any atom is -0.464 e. The fraction of sp³-hybridized carbons (Fsp3) is 0.857. The molecule has 1 amide bonds. The van der Waals surface area contributed by atoms with E-state index in [0.717, 1.165) is 25.7 Å². The van der Waals surface area contributed by atoms with E-state index in [2.05, 4.69) is 12.2 Å². The van der Waals surface area contributed by atoms with Crippen molar-refractivity contribution in [1.82, 2.24) is 5.32 Å². The Hall–Kier alpha value is -1.26. The van der Waals surface area contributed by atoms with Crippen molar-refractivity contribution < 1.29 is 19.1 Å². The smallest absolute Gasteiger partial charge is 0.407 e. The van der Waals surface area contributed by atoms with Crippen molar-refractivity contribution in [3.05, 3.63) is 0 Å². The van der Waals surface area contributed by atoms with Gasteiger partial charge in [0.05, 0.1) is 13.2 Å². The molecule has 5 heteroatoms. The summed E-state index contributed by atoms with van der Waals surface area (Å²) in [6, 6.07) is -0.647. The van der Waals surface area contributed by atoms with Crippen molar-refractivity contribution in [3.63, 3.8) is 0 Å². The predicted octanol–water partition coefficient (Wildman–Crippen LogP) is 2.88. The molecule has 0 saturated heterocycles. The van der Waals surface area contributed by atoms with Crippen LogP contribution in [0.5, 0.6) is 0 Å². The van der Waals surface area contributed by atoms with E-state index < -0.39 is 12.1 Å². The molecule has 0 aromatic carbocycles. The van der Waals surface area contributed by atoms with E-state index in [0.29, 0.717) is 13.2 Å². The van der Waals surface area contributed by atoms with Crippen LogP contribution in [0.3, 0.4) is 0 Å². The first kappa shape index (κ1) is 17.7. The first-order chi connectivity index (χ1) is 9.02. The van der Waals surface area contributed by atoms with Crippen molar-refractivity contribution in [2.75, 3.05) is 13.2 Å². The van der Waals surface area contributed by atoms with E-state index in [9.17, 15) is 9.59 Å².